The van der Waals surface area contributed by atoms with Crippen molar-refractivity contribution in [2.75, 3.05) is 12.3 Å². The molecule has 1 saturated heterocycles. The van der Waals surface area contributed by atoms with Gasteiger partial charge < -0.3 is 10.5 Å². The van der Waals surface area contributed by atoms with Crippen LogP contribution in [0.1, 0.15) is 38.3 Å². The number of aryl methyl sites for hydroxylation is 1. The zero-order valence-electron chi connectivity index (χ0n) is 12.7. The Bertz CT molecular complexity index is 649. The summed E-state index contributed by atoms with van der Waals surface area (Å²) in [5, 5.41) is 12.2. The van der Waals surface area contributed by atoms with Crippen LogP contribution in [0.2, 0.25) is 0 Å². The second-order valence-electron chi connectivity index (χ2n) is 6.27. The van der Waals surface area contributed by atoms with Crippen LogP contribution >= 0.6 is 0 Å². The molecule has 0 aliphatic carbocycles. The Kier molecular flexibility index (Phi) is 3.41. The van der Waals surface area contributed by atoms with Gasteiger partial charge >= 0.3 is 0 Å². The first kappa shape index (κ1) is 14.0. The molecule has 1 aliphatic heterocycles. The minimum atomic E-state index is -0.140. The smallest absolute Gasteiger partial charge is 0.182 e. The topological polar surface area (TPSA) is 78.8 Å². The molecule has 1 aromatic heterocycles. The quantitative estimate of drug-likeness (QED) is 0.858. The van der Waals surface area contributed by atoms with E-state index in [1.54, 1.807) is 0 Å². The van der Waals surface area contributed by atoms with E-state index in [0.29, 0.717) is 0 Å². The second kappa shape index (κ2) is 5.11. The van der Waals surface area contributed by atoms with Crippen LogP contribution in [-0.2, 0) is 4.74 Å². The highest BCUT2D eigenvalue weighted by molar-refractivity contribution is 5.63. The van der Waals surface area contributed by atoms with Crippen molar-refractivity contribution in [2.45, 2.75) is 45.3 Å². The van der Waals surface area contributed by atoms with Crippen molar-refractivity contribution in [3.8, 4) is 11.4 Å². The summed E-state index contributed by atoms with van der Waals surface area (Å²) in [5.74, 6) is 0.768. The molecule has 1 atom stereocenters. The van der Waals surface area contributed by atoms with E-state index in [1.165, 1.54) is 0 Å². The van der Waals surface area contributed by atoms with Crippen molar-refractivity contribution in [2.24, 2.45) is 0 Å². The van der Waals surface area contributed by atoms with E-state index >= 15 is 0 Å². The third-order valence-electron chi connectivity index (χ3n) is 4.05. The Balaban J connectivity index is 1.95. The Hall–Kier alpha value is -1.95. The number of tetrazole rings is 1. The van der Waals surface area contributed by atoms with Crippen molar-refractivity contribution in [1.29, 1.82) is 0 Å². The number of rotatable bonds is 2. The first-order chi connectivity index (χ1) is 9.96. The number of hydrogen-bond acceptors (Lipinski definition) is 5. The molecule has 21 heavy (non-hydrogen) atoms. The van der Waals surface area contributed by atoms with Gasteiger partial charge in [-0.05, 0) is 55.7 Å². The number of nitrogen functional groups attached to an aromatic ring is 1. The van der Waals surface area contributed by atoms with Gasteiger partial charge in [-0.2, -0.15) is 0 Å². The Morgan fingerprint density at radius 3 is 2.90 bits per heavy atom. The van der Waals surface area contributed by atoms with Gasteiger partial charge in [0.15, 0.2) is 5.82 Å². The molecular weight excluding hydrogens is 266 g/mol. The summed E-state index contributed by atoms with van der Waals surface area (Å²) >= 11 is 0. The molecule has 0 amide bonds. The average Bonchev–Trinajstić information content (AvgIpc) is 2.90. The number of benzene rings is 1. The molecule has 0 saturated carbocycles. The fourth-order valence-electron chi connectivity index (χ4n) is 2.82. The van der Waals surface area contributed by atoms with Crippen LogP contribution in [0.15, 0.2) is 18.2 Å². The summed E-state index contributed by atoms with van der Waals surface area (Å²) in [5.41, 5.74) is 8.63. The number of aromatic nitrogens is 4. The molecule has 1 aliphatic rings. The Labute approximate surface area is 124 Å². The molecule has 0 radical (unpaired) electrons. The molecule has 0 spiro atoms. The number of ether oxygens (including phenoxy) is 1. The molecule has 1 unspecified atom stereocenters. The summed E-state index contributed by atoms with van der Waals surface area (Å²) in [7, 11) is 0. The molecule has 1 fully saturated rings. The molecule has 6 heteroatoms. The second-order valence-corrected chi connectivity index (χ2v) is 6.27. The van der Waals surface area contributed by atoms with Gasteiger partial charge in [-0.15, -0.1) is 5.10 Å². The van der Waals surface area contributed by atoms with E-state index in [-0.39, 0.29) is 11.6 Å². The van der Waals surface area contributed by atoms with Gasteiger partial charge in [0, 0.05) is 17.9 Å². The van der Waals surface area contributed by atoms with Crippen molar-refractivity contribution in [1.82, 2.24) is 20.2 Å². The van der Waals surface area contributed by atoms with Crippen LogP contribution in [0, 0.1) is 6.92 Å². The molecule has 2 N–H and O–H groups in total. The van der Waals surface area contributed by atoms with Gasteiger partial charge in [-0.1, -0.05) is 12.1 Å². The summed E-state index contributed by atoms with van der Waals surface area (Å²) in [6.07, 6.45) is 1.81. The van der Waals surface area contributed by atoms with E-state index in [1.807, 2.05) is 29.8 Å². The van der Waals surface area contributed by atoms with Crippen LogP contribution in [-0.4, -0.2) is 32.4 Å². The standard InChI is InChI=1S/C15H21N5O/c1-10-4-5-11(8-13(10)16)14-17-18-19-20(14)12-6-7-21-15(2,3)9-12/h4-5,8,12H,6-7,9,16H2,1-3H3. The van der Waals surface area contributed by atoms with Crippen LogP contribution in [0.3, 0.4) is 0 Å². The maximum Gasteiger partial charge on any atom is 0.182 e. The van der Waals surface area contributed by atoms with E-state index in [4.69, 9.17) is 10.5 Å². The van der Waals surface area contributed by atoms with Crippen molar-refractivity contribution in [3.05, 3.63) is 23.8 Å². The maximum atomic E-state index is 6.00. The average molecular weight is 287 g/mol. The van der Waals surface area contributed by atoms with Crippen molar-refractivity contribution < 1.29 is 4.74 Å². The van der Waals surface area contributed by atoms with Gasteiger partial charge in [-0.3, -0.25) is 0 Å². The Morgan fingerprint density at radius 1 is 1.38 bits per heavy atom. The van der Waals surface area contributed by atoms with Gasteiger partial charge in [0.05, 0.1) is 11.6 Å². The molecule has 112 valence electrons. The predicted molar refractivity (Wildman–Crippen MR) is 80.7 cm³/mol. The van der Waals surface area contributed by atoms with E-state index in [0.717, 1.165) is 42.1 Å². The Morgan fingerprint density at radius 2 is 2.19 bits per heavy atom. The lowest BCUT2D eigenvalue weighted by Crippen LogP contribution is -2.35. The third-order valence-corrected chi connectivity index (χ3v) is 4.05. The number of anilines is 1. The largest absolute Gasteiger partial charge is 0.398 e. The highest BCUT2D eigenvalue weighted by atomic mass is 16.5. The first-order valence-electron chi connectivity index (χ1n) is 7.24. The molecular formula is C15H21N5O. The van der Waals surface area contributed by atoms with E-state index in [2.05, 4.69) is 29.4 Å². The molecule has 1 aromatic carbocycles. The predicted octanol–water partition coefficient (Wildman–Crippen LogP) is 2.36. The number of nitrogens with two attached hydrogens (primary N) is 1. The van der Waals surface area contributed by atoms with Crippen LogP contribution in [0.5, 0.6) is 0 Å². The first-order valence-corrected chi connectivity index (χ1v) is 7.24. The fourth-order valence-corrected chi connectivity index (χ4v) is 2.82. The highest BCUT2D eigenvalue weighted by Crippen LogP contribution is 2.33. The highest BCUT2D eigenvalue weighted by Gasteiger charge is 2.32. The lowest BCUT2D eigenvalue weighted by molar-refractivity contribution is -0.0707. The normalized spacial score (nSPS) is 21.4. The van der Waals surface area contributed by atoms with Crippen LogP contribution in [0.4, 0.5) is 5.69 Å². The van der Waals surface area contributed by atoms with Gasteiger partial charge in [-0.25, -0.2) is 4.68 Å². The summed E-state index contributed by atoms with van der Waals surface area (Å²) < 4.78 is 7.68. The molecule has 2 heterocycles. The van der Waals surface area contributed by atoms with Crippen molar-refractivity contribution in [3.63, 3.8) is 0 Å². The van der Waals surface area contributed by atoms with Crippen LogP contribution < -0.4 is 5.73 Å². The monoisotopic (exact) mass is 287 g/mol. The summed E-state index contributed by atoms with van der Waals surface area (Å²) in [6, 6.07) is 6.19. The van der Waals surface area contributed by atoms with Gasteiger partial charge in [0.1, 0.15) is 0 Å². The number of nitrogens with zero attached hydrogens (tertiary/aromatic N) is 4. The van der Waals surface area contributed by atoms with E-state index in [9.17, 15) is 0 Å². The van der Waals surface area contributed by atoms with Crippen LogP contribution in [0.25, 0.3) is 11.4 Å². The molecule has 6 nitrogen and oxygen atoms in total. The lowest BCUT2D eigenvalue weighted by Gasteiger charge is -2.35. The van der Waals surface area contributed by atoms with Crippen molar-refractivity contribution >= 4 is 5.69 Å². The SMILES string of the molecule is Cc1ccc(-c2nnnn2C2CCOC(C)(C)C2)cc1N. The minimum absolute atomic E-state index is 0.140. The summed E-state index contributed by atoms with van der Waals surface area (Å²) in [4.78, 5) is 0. The number of hydrogen-bond donors (Lipinski definition) is 1. The third kappa shape index (κ3) is 2.76. The molecule has 0 bridgehead atoms. The summed E-state index contributed by atoms with van der Waals surface area (Å²) in [6.45, 7) is 6.93. The zero-order chi connectivity index (χ0) is 15.0. The van der Waals surface area contributed by atoms with Gasteiger partial charge in [0.25, 0.3) is 0 Å². The fraction of sp³-hybridized carbons (Fsp3) is 0.533. The zero-order valence-corrected chi connectivity index (χ0v) is 12.7. The maximum absolute atomic E-state index is 6.00. The van der Waals surface area contributed by atoms with E-state index < -0.39 is 0 Å². The van der Waals surface area contributed by atoms with Gasteiger partial charge in [0.2, 0.25) is 0 Å². The molecule has 2 aromatic rings. The lowest BCUT2D eigenvalue weighted by atomic mass is 9.94. The minimum Gasteiger partial charge on any atom is -0.398 e. The molecule has 3 rings (SSSR count).